The number of nitrogens with one attached hydrogen (secondary N) is 2. The first kappa shape index (κ1) is 17.4. The average Bonchev–Trinajstić information content (AvgIpc) is 2.83. The maximum Gasteiger partial charge on any atom is 0.331 e. The maximum absolute atomic E-state index is 12.5. The van der Waals surface area contributed by atoms with Crippen LogP contribution in [0.2, 0.25) is 0 Å². The molecule has 9 nitrogen and oxygen atoms in total. The Bertz CT molecular complexity index is 764. The third-order valence-electron chi connectivity index (χ3n) is 3.61. The highest BCUT2D eigenvalue weighted by Crippen LogP contribution is 2.21. The Balaban J connectivity index is 2.31. The minimum Gasteiger partial charge on any atom is -0.479 e. The Kier molecular flexibility index (Phi) is 4.82. The molecule has 0 saturated carbocycles. The Labute approximate surface area is 139 Å². The second kappa shape index (κ2) is 6.65. The molecule has 0 bridgehead atoms. The minimum absolute atomic E-state index is 0.227. The van der Waals surface area contributed by atoms with Gasteiger partial charge < -0.3 is 15.3 Å². The fourth-order valence-corrected chi connectivity index (χ4v) is 2.34. The van der Waals surface area contributed by atoms with Gasteiger partial charge in [-0.15, -0.1) is 0 Å². The Morgan fingerprint density at radius 2 is 1.92 bits per heavy atom. The molecule has 2 heterocycles. The summed E-state index contributed by atoms with van der Waals surface area (Å²) in [6.45, 7) is 5.06. The van der Waals surface area contributed by atoms with E-state index in [9.17, 15) is 14.7 Å². The van der Waals surface area contributed by atoms with E-state index in [0.717, 1.165) is 0 Å². The molecule has 1 amide bonds. The monoisotopic (exact) mass is 332 g/mol. The van der Waals surface area contributed by atoms with Crippen molar-refractivity contribution >= 4 is 17.8 Å². The molecule has 2 rings (SSSR count). The minimum atomic E-state index is -1.20. The molecule has 0 aliphatic heterocycles. The fraction of sp³-hybridized carbons (Fsp3) is 0.400. The molecule has 3 N–H and O–H groups in total. The zero-order valence-electron chi connectivity index (χ0n) is 14.2. The van der Waals surface area contributed by atoms with Crippen LogP contribution in [-0.4, -0.2) is 51.2 Å². The summed E-state index contributed by atoms with van der Waals surface area (Å²) in [7, 11) is 3.58. The first-order valence-electron chi connectivity index (χ1n) is 7.28. The lowest BCUT2D eigenvalue weighted by atomic mass is 10.0. The van der Waals surface area contributed by atoms with E-state index in [2.05, 4.69) is 25.5 Å². The van der Waals surface area contributed by atoms with E-state index in [0.29, 0.717) is 28.6 Å². The van der Waals surface area contributed by atoms with Gasteiger partial charge in [0.25, 0.3) is 5.91 Å². The van der Waals surface area contributed by atoms with Gasteiger partial charge >= 0.3 is 5.97 Å². The lowest BCUT2D eigenvalue weighted by Crippen LogP contribution is -2.35. The van der Waals surface area contributed by atoms with Crippen molar-refractivity contribution in [3.05, 3.63) is 34.4 Å². The summed E-state index contributed by atoms with van der Waals surface area (Å²) in [5.74, 6) is -1.25. The van der Waals surface area contributed by atoms with Crippen LogP contribution in [0.25, 0.3) is 0 Å². The molecule has 1 unspecified atom stereocenters. The number of aryl methyl sites for hydroxylation is 3. The van der Waals surface area contributed by atoms with E-state index in [1.165, 1.54) is 6.20 Å². The van der Waals surface area contributed by atoms with E-state index in [-0.39, 0.29) is 5.56 Å². The van der Waals surface area contributed by atoms with Gasteiger partial charge in [0, 0.05) is 31.5 Å². The number of hydrogen-bond donors (Lipinski definition) is 3. The zero-order chi connectivity index (χ0) is 18.0. The van der Waals surface area contributed by atoms with E-state index >= 15 is 0 Å². The van der Waals surface area contributed by atoms with Crippen molar-refractivity contribution in [2.24, 2.45) is 0 Å². The summed E-state index contributed by atoms with van der Waals surface area (Å²) in [4.78, 5) is 34.1. The zero-order valence-corrected chi connectivity index (χ0v) is 14.2. The van der Waals surface area contributed by atoms with Crippen molar-refractivity contribution in [1.29, 1.82) is 0 Å². The van der Waals surface area contributed by atoms with Gasteiger partial charge in [-0.05, 0) is 20.8 Å². The van der Waals surface area contributed by atoms with E-state index in [1.54, 1.807) is 39.8 Å². The number of carboxylic acid groups (broad SMARTS) is 1. The molecule has 128 valence electrons. The van der Waals surface area contributed by atoms with Gasteiger partial charge in [-0.1, -0.05) is 0 Å². The lowest BCUT2D eigenvalue weighted by molar-refractivity contribution is -0.139. The van der Waals surface area contributed by atoms with Crippen LogP contribution < -0.4 is 10.2 Å². The van der Waals surface area contributed by atoms with Crippen molar-refractivity contribution in [3.63, 3.8) is 0 Å². The van der Waals surface area contributed by atoms with Crippen molar-refractivity contribution in [2.75, 3.05) is 19.0 Å². The number of nitrogens with zero attached hydrogens (tertiary/aromatic N) is 4. The highest BCUT2D eigenvalue weighted by molar-refractivity contribution is 5.97. The molecule has 0 aliphatic carbocycles. The normalized spacial score (nSPS) is 11.9. The molecule has 0 saturated heterocycles. The molecule has 24 heavy (non-hydrogen) atoms. The lowest BCUT2D eigenvalue weighted by Gasteiger charge is -2.16. The number of carboxylic acids is 1. The number of carbonyl (C=O) groups excluding carboxylic acids is 1. The van der Waals surface area contributed by atoms with E-state index in [1.807, 2.05) is 0 Å². The molecule has 0 fully saturated rings. The molecule has 0 aromatic carbocycles. The standard InChI is InChI=1S/C15H20N6O3/c1-7-10(6-16-15(17-7)21(4)5)13(22)18-12(14(23)24)11-8(2)19-20-9(11)3/h6,12H,1-5H3,(H,18,22)(H,19,20)(H,23,24). The van der Waals surface area contributed by atoms with Crippen LogP contribution in [-0.2, 0) is 4.79 Å². The fourth-order valence-electron chi connectivity index (χ4n) is 2.34. The first-order valence-corrected chi connectivity index (χ1v) is 7.28. The van der Waals surface area contributed by atoms with Gasteiger partial charge in [0.2, 0.25) is 5.95 Å². The van der Waals surface area contributed by atoms with Gasteiger partial charge in [-0.25, -0.2) is 14.8 Å². The number of hydrogen-bond acceptors (Lipinski definition) is 6. The average molecular weight is 332 g/mol. The number of aromatic amines is 1. The van der Waals surface area contributed by atoms with E-state index < -0.39 is 17.9 Å². The quantitative estimate of drug-likeness (QED) is 0.738. The van der Waals surface area contributed by atoms with Gasteiger partial charge in [-0.3, -0.25) is 9.89 Å². The topological polar surface area (TPSA) is 124 Å². The highest BCUT2D eigenvalue weighted by Gasteiger charge is 2.28. The summed E-state index contributed by atoms with van der Waals surface area (Å²) in [5, 5.41) is 18.7. The Hall–Kier alpha value is -2.97. The molecule has 0 spiro atoms. The van der Waals surface area contributed by atoms with Crippen molar-refractivity contribution in [1.82, 2.24) is 25.5 Å². The molecule has 0 aliphatic rings. The predicted molar refractivity (Wildman–Crippen MR) is 87.0 cm³/mol. The maximum atomic E-state index is 12.5. The van der Waals surface area contributed by atoms with Crippen LogP contribution >= 0.6 is 0 Å². The summed E-state index contributed by atoms with van der Waals surface area (Å²) < 4.78 is 0. The molecule has 2 aromatic heterocycles. The number of aliphatic carboxylic acids is 1. The highest BCUT2D eigenvalue weighted by atomic mass is 16.4. The number of amides is 1. The van der Waals surface area contributed by atoms with Crippen LogP contribution in [0.15, 0.2) is 6.20 Å². The van der Waals surface area contributed by atoms with Crippen molar-refractivity contribution in [2.45, 2.75) is 26.8 Å². The van der Waals surface area contributed by atoms with Gasteiger partial charge in [0.1, 0.15) is 0 Å². The largest absolute Gasteiger partial charge is 0.479 e. The summed E-state index contributed by atoms with van der Waals surface area (Å²) >= 11 is 0. The van der Waals surface area contributed by atoms with Gasteiger partial charge in [-0.2, -0.15) is 5.10 Å². The van der Waals surface area contributed by atoms with Crippen LogP contribution in [0.1, 0.15) is 39.0 Å². The summed E-state index contributed by atoms with van der Waals surface area (Å²) in [5.41, 5.74) is 2.26. The molecular weight excluding hydrogens is 312 g/mol. The SMILES string of the molecule is Cc1nc(N(C)C)ncc1C(=O)NC(C(=O)O)c1c(C)n[nH]c1C. The number of anilines is 1. The second-order valence-electron chi connectivity index (χ2n) is 5.66. The summed E-state index contributed by atoms with van der Waals surface area (Å²) in [6.07, 6.45) is 1.39. The summed E-state index contributed by atoms with van der Waals surface area (Å²) in [6, 6.07) is -1.20. The molecule has 1 atom stereocenters. The third-order valence-corrected chi connectivity index (χ3v) is 3.61. The van der Waals surface area contributed by atoms with Crippen molar-refractivity contribution in [3.8, 4) is 0 Å². The number of rotatable bonds is 5. The number of aromatic nitrogens is 4. The van der Waals surface area contributed by atoms with Crippen LogP contribution in [0.5, 0.6) is 0 Å². The van der Waals surface area contributed by atoms with E-state index in [4.69, 9.17) is 0 Å². The molecular formula is C15H20N6O3. The molecule has 2 aromatic rings. The molecule has 0 radical (unpaired) electrons. The van der Waals surface area contributed by atoms with Gasteiger partial charge in [0.15, 0.2) is 6.04 Å². The smallest absolute Gasteiger partial charge is 0.331 e. The first-order chi connectivity index (χ1) is 11.2. The number of carbonyl (C=O) groups is 2. The molecule has 9 heteroatoms. The van der Waals surface area contributed by atoms with Crippen molar-refractivity contribution < 1.29 is 14.7 Å². The number of H-pyrrole nitrogens is 1. The van der Waals surface area contributed by atoms with Gasteiger partial charge in [0.05, 0.1) is 17.0 Å². The Morgan fingerprint density at radius 3 is 2.38 bits per heavy atom. The second-order valence-corrected chi connectivity index (χ2v) is 5.66. The van der Waals surface area contributed by atoms with Crippen LogP contribution in [0.3, 0.4) is 0 Å². The predicted octanol–water partition coefficient (Wildman–Crippen LogP) is 0.747. The van der Waals surface area contributed by atoms with Crippen LogP contribution in [0, 0.1) is 20.8 Å². The Morgan fingerprint density at radius 1 is 1.25 bits per heavy atom. The third kappa shape index (κ3) is 3.34. The van der Waals surface area contributed by atoms with Crippen LogP contribution in [0.4, 0.5) is 5.95 Å².